The van der Waals surface area contributed by atoms with Crippen molar-refractivity contribution >= 4 is 34.2 Å². The zero-order valence-corrected chi connectivity index (χ0v) is 14.5. The van der Waals surface area contributed by atoms with Crippen molar-refractivity contribution in [3.63, 3.8) is 0 Å². The van der Waals surface area contributed by atoms with Crippen LogP contribution < -0.4 is 0 Å². The van der Waals surface area contributed by atoms with Gasteiger partial charge in [-0.25, -0.2) is 4.98 Å². The van der Waals surface area contributed by atoms with Crippen molar-refractivity contribution in [3.05, 3.63) is 71.3 Å². The van der Waals surface area contributed by atoms with Crippen LogP contribution in [0.5, 0.6) is 0 Å². The van der Waals surface area contributed by atoms with Crippen molar-refractivity contribution in [2.45, 2.75) is 12.8 Å². The number of nitrogens with zero attached hydrogens (tertiary/aromatic N) is 2. The van der Waals surface area contributed by atoms with E-state index in [0.29, 0.717) is 0 Å². The van der Waals surface area contributed by atoms with E-state index in [2.05, 4.69) is 63.5 Å². The molecule has 2 aliphatic heterocycles. The van der Waals surface area contributed by atoms with Gasteiger partial charge in [-0.05, 0) is 73.5 Å². The van der Waals surface area contributed by atoms with Crippen molar-refractivity contribution in [2.75, 3.05) is 0 Å². The molecule has 25 heavy (non-hydrogen) atoms. The Labute approximate surface area is 155 Å². The second-order valence-corrected chi connectivity index (χ2v) is 6.20. The molecule has 1 radical (unpaired) electrons. The Morgan fingerprint density at radius 3 is 1.52 bits per heavy atom. The minimum Gasteiger partial charge on any atom is -0.355 e. The van der Waals surface area contributed by atoms with E-state index in [9.17, 15) is 0 Å². The topological polar surface area (TPSA) is 57.4 Å². The summed E-state index contributed by atoms with van der Waals surface area (Å²) in [4.78, 5) is 16.2. The molecule has 0 unspecified atom stereocenters. The summed E-state index contributed by atoms with van der Waals surface area (Å²) in [5.74, 6) is 0. The quantitative estimate of drug-likeness (QED) is 0.456. The Morgan fingerprint density at radius 1 is 0.600 bits per heavy atom. The van der Waals surface area contributed by atoms with Crippen molar-refractivity contribution in [1.29, 1.82) is 0 Å². The van der Waals surface area contributed by atoms with Crippen LogP contribution in [-0.4, -0.2) is 19.9 Å². The predicted octanol–water partition coefficient (Wildman–Crippen LogP) is 4.27. The van der Waals surface area contributed by atoms with Crippen molar-refractivity contribution in [3.8, 4) is 0 Å². The summed E-state index contributed by atoms with van der Waals surface area (Å²) in [6.07, 6.45) is 6.03. The molecule has 0 aromatic carbocycles. The number of nitrogens with one attached hydrogen (secondary N) is 2. The molecular formula is C20H16FeN4+3. The molecule has 5 heteroatoms. The summed E-state index contributed by atoms with van der Waals surface area (Å²) in [6.45, 7) is 0. The molecule has 3 aromatic rings. The molecule has 5 heterocycles. The van der Waals surface area contributed by atoms with Gasteiger partial charge in [0.05, 0.1) is 11.4 Å². The Hall–Kier alpha value is -2.62. The van der Waals surface area contributed by atoms with E-state index < -0.39 is 0 Å². The van der Waals surface area contributed by atoms with Crippen LogP contribution in [0.1, 0.15) is 22.8 Å². The maximum Gasteiger partial charge on any atom is 3.00 e. The van der Waals surface area contributed by atoms with Gasteiger partial charge in [0.15, 0.2) is 0 Å². The number of aryl methyl sites for hydroxylation is 2. The van der Waals surface area contributed by atoms with E-state index in [1.54, 1.807) is 0 Å². The first-order valence-corrected chi connectivity index (χ1v) is 8.14. The predicted molar refractivity (Wildman–Crippen MR) is 97.3 cm³/mol. The van der Waals surface area contributed by atoms with Gasteiger partial charge in [-0.1, -0.05) is 0 Å². The monoisotopic (exact) mass is 368 g/mol. The summed E-state index contributed by atoms with van der Waals surface area (Å²) in [7, 11) is 0. The van der Waals surface area contributed by atoms with Gasteiger partial charge in [-0.3, -0.25) is 4.98 Å². The van der Waals surface area contributed by atoms with Crippen LogP contribution in [0.4, 0.5) is 0 Å². The number of hydrogen-bond acceptors (Lipinski definition) is 2. The first-order chi connectivity index (χ1) is 11.8. The fourth-order valence-corrected chi connectivity index (χ4v) is 3.19. The maximum absolute atomic E-state index is 4.75. The molecule has 0 spiro atoms. The average molecular weight is 368 g/mol. The number of fused-ring (bicyclic) bond motifs is 8. The fraction of sp³-hybridized carbons (Fsp3) is 0.100. The normalized spacial score (nSPS) is 12.8. The van der Waals surface area contributed by atoms with E-state index in [1.165, 1.54) is 0 Å². The summed E-state index contributed by atoms with van der Waals surface area (Å²) in [6, 6.07) is 16.7. The minimum atomic E-state index is 0. The fourth-order valence-electron chi connectivity index (χ4n) is 3.19. The number of rotatable bonds is 0. The molecule has 121 valence electrons. The summed E-state index contributed by atoms with van der Waals surface area (Å²) in [5, 5.41) is 0. The van der Waals surface area contributed by atoms with Crippen LogP contribution in [0.15, 0.2) is 48.5 Å². The first kappa shape index (κ1) is 15.9. The van der Waals surface area contributed by atoms with Gasteiger partial charge < -0.3 is 9.97 Å². The number of hydrogen-bond donors (Lipinski definition) is 2. The summed E-state index contributed by atoms with van der Waals surface area (Å²) in [5.41, 5.74) is 8.40. The Bertz CT molecular complexity index is 1040. The Kier molecular flexibility index (Phi) is 4.04. The van der Waals surface area contributed by atoms with E-state index in [-0.39, 0.29) is 17.1 Å². The third kappa shape index (κ3) is 3.29. The van der Waals surface area contributed by atoms with Crippen molar-refractivity contribution < 1.29 is 17.1 Å². The molecule has 0 atom stereocenters. The van der Waals surface area contributed by atoms with Crippen LogP contribution in [0.2, 0.25) is 0 Å². The van der Waals surface area contributed by atoms with Crippen LogP contribution >= 0.6 is 0 Å². The van der Waals surface area contributed by atoms with Crippen LogP contribution in [0, 0.1) is 0 Å². The van der Waals surface area contributed by atoms with Gasteiger partial charge in [0.1, 0.15) is 0 Å². The number of H-pyrrole nitrogens is 2. The molecule has 3 aromatic heterocycles. The number of aromatic nitrogens is 4. The van der Waals surface area contributed by atoms with Gasteiger partial charge in [0.25, 0.3) is 0 Å². The minimum absolute atomic E-state index is 0. The molecule has 4 nitrogen and oxygen atoms in total. The molecule has 2 N–H and O–H groups in total. The molecule has 2 aliphatic rings. The van der Waals surface area contributed by atoms with E-state index in [4.69, 9.17) is 4.98 Å². The standard InChI is InChI=1S/C20H16N4.Fe/c1-2-14-10-16-5-6-18(23-16)12-20-8-7-19(24-20)11-17-4-3-15(22-17)9-13(1)21-14;/h1-6,9-12,22-23H,7-8H2;/q;+3. The zero-order chi connectivity index (χ0) is 15.9. The van der Waals surface area contributed by atoms with Gasteiger partial charge in [-0.15, -0.1) is 0 Å². The third-order valence-electron chi connectivity index (χ3n) is 4.32. The van der Waals surface area contributed by atoms with Gasteiger partial charge in [-0.2, -0.15) is 0 Å². The SMILES string of the molecule is C1=Cc2cc3ccc(cc4nc(cc5ccc(cc1n2)[nH]5)CC4)[nH]3.[Fe+3]. The van der Waals surface area contributed by atoms with Gasteiger partial charge in [0, 0.05) is 33.5 Å². The molecule has 5 rings (SSSR count). The van der Waals surface area contributed by atoms with Crippen LogP contribution in [-0.2, 0) is 29.9 Å². The summed E-state index contributed by atoms with van der Waals surface area (Å²) < 4.78 is 0. The summed E-state index contributed by atoms with van der Waals surface area (Å²) >= 11 is 0. The molecule has 0 saturated heterocycles. The first-order valence-electron chi connectivity index (χ1n) is 8.14. The maximum atomic E-state index is 4.75. The van der Waals surface area contributed by atoms with Gasteiger partial charge >= 0.3 is 17.1 Å². The van der Waals surface area contributed by atoms with Crippen molar-refractivity contribution in [1.82, 2.24) is 19.9 Å². The van der Waals surface area contributed by atoms with Crippen molar-refractivity contribution in [2.24, 2.45) is 0 Å². The molecule has 8 bridgehead atoms. The van der Waals surface area contributed by atoms with E-state index >= 15 is 0 Å². The third-order valence-corrected chi connectivity index (χ3v) is 4.32. The smallest absolute Gasteiger partial charge is 0.355 e. The molecule has 0 saturated carbocycles. The van der Waals surface area contributed by atoms with Crippen LogP contribution in [0.25, 0.3) is 34.2 Å². The average Bonchev–Trinajstić information content (AvgIpc) is 3.32. The zero-order valence-electron chi connectivity index (χ0n) is 13.4. The Balaban J connectivity index is 0.00000157. The molecular weight excluding hydrogens is 352 g/mol. The molecule has 0 amide bonds. The van der Waals surface area contributed by atoms with Crippen LogP contribution in [0.3, 0.4) is 0 Å². The number of aromatic amines is 2. The second kappa shape index (κ2) is 6.36. The Morgan fingerprint density at radius 2 is 1.04 bits per heavy atom. The second-order valence-electron chi connectivity index (χ2n) is 6.20. The largest absolute Gasteiger partial charge is 3.00 e. The van der Waals surface area contributed by atoms with Gasteiger partial charge in [0.2, 0.25) is 0 Å². The molecule has 0 fully saturated rings. The van der Waals surface area contributed by atoms with E-state index in [1.807, 2.05) is 12.2 Å². The molecule has 0 aliphatic carbocycles. The van der Waals surface area contributed by atoms with E-state index in [0.717, 1.165) is 57.7 Å².